The lowest BCUT2D eigenvalue weighted by molar-refractivity contribution is 0.150. The van der Waals surface area contributed by atoms with E-state index in [1.807, 2.05) is 0 Å². The van der Waals surface area contributed by atoms with Crippen molar-refractivity contribution in [1.82, 2.24) is 0 Å². The molecule has 1 aromatic carbocycles. The van der Waals surface area contributed by atoms with Crippen LogP contribution in [0.3, 0.4) is 0 Å². The predicted molar refractivity (Wildman–Crippen MR) is 55.3 cm³/mol. The van der Waals surface area contributed by atoms with Gasteiger partial charge in [-0.3, -0.25) is 0 Å². The van der Waals surface area contributed by atoms with Gasteiger partial charge >= 0.3 is 0 Å². The molecule has 3 rings (SSSR count). The van der Waals surface area contributed by atoms with Crippen molar-refractivity contribution >= 4 is 0 Å². The number of benzene rings is 1. The maximum atomic E-state index is 12.9. The van der Waals surface area contributed by atoms with Gasteiger partial charge in [0.1, 0.15) is 6.67 Å². The lowest BCUT2D eigenvalue weighted by atomic mass is 10.00. The third-order valence-electron chi connectivity index (χ3n) is 3.19. The van der Waals surface area contributed by atoms with Gasteiger partial charge in [0.05, 0.1) is 5.60 Å². The minimum Gasteiger partial charge on any atom is -0.454 e. The molecule has 0 unspecified atom stereocenters. The van der Waals surface area contributed by atoms with Crippen molar-refractivity contribution in [3.8, 4) is 11.5 Å². The Labute approximate surface area is 92.8 Å². The Balaban J connectivity index is 1.95. The monoisotopic (exact) mass is 224 g/mol. The molecule has 0 amide bonds. The normalized spacial score (nSPS) is 19.9. The van der Waals surface area contributed by atoms with E-state index >= 15 is 0 Å². The van der Waals surface area contributed by atoms with Gasteiger partial charge in [0, 0.05) is 6.42 Å². The molecule has 1 N–H and O–H groups in total. The van der Waals surface area contributed by atoms with Crippen molar-refractivity contribution in [1.29, 1.82) is 0 Å². The van der Waals surface area contributed by atoms with Gasteiger partial charge < -0.3 is 14.6 Å². The van der Waals surface area contributed by atoms with Crippen LogP contribution in [0.15, 0.2) is 12.1 Å². The van der Waals surface area contributed by atoms with Crippen LogP contribution in [0, 0.1) is 0 Å². The third-order valence-corrected chi connectivity index (χ3v) is 3.19. The van der Waals surface area contributed by atoms with E-state index in [9.17, 15) is 9.50 Å². The number of ether oxygens (including phenoxy) is 2. The highest BCUT2D eigenvalue weighted by atomic mass is 19.1. The Bertz CT molecular complexity index is 427. The van der Waals surface area contributed by atoms with Crippen LogP contribution in [0.2, 0.25) is 0 Å². The van der Waals surface area contributed by atoms with Crippen molar-refractivity contribution in [3.63, 3.8) is 0 Å². The molecule has 4 heteroatoms. The van der Waals surface area contributed by atoms with Crippen LogP contribution < -0.4 is 9.47 Å². The van der Waals surface area contributed by atoms with Gasteiger partial charge in [-0.15, -0.1) is 0 Å². The second kappa shape index (κ2) is 3.35. The SMILES string of the molecule is OC1(Cc2cc3c(cc2CF)OCO3)CC1. The van der Waals surface area contributed by atoms with Gasteiger partial charge in [-0.2, -0.15) is 0 Å². The summed E-state index contributed by atoms with van der Waals surface area (Å²) in [5.41, 5.74) is 0.800. The molecule has 0 aromatic heterocycles. The van der Waals surface area contributed by atoms with Crippen molar-refractivity contribution in [2.75, 3.05) is 6.79 Å². The predicted octanol–water partition coefficient (Wildman–Crippen LogP) is 1.95. The number of halogens is 1. The smallest absolute Gasteiger partial charge is 0.231 e. The zero-order valence-electron chi connectivity index (χ0n) is 8.83. The lowest BCUT2D eigenvalue weighted by Gasteiger charge is -2.12. The van der Waals surface area contributed by atoms with E-state index in [2.05, 4.69) is 0 Å². The molecule has 0 atom stereocenters. The third kappa shape index (κ3) is 1.63. The lowest BCUT2D eigenvalue weighted by Crippen LogP contribution is -2.12. The molecule has 1 aliphatic heterocycles. The molecule has 0 bridgehead atoms. The fraction of sp³-hybridized carbons (Fsp3) is 0.500. The molecular formula is C12H13FO3. The number of hydrogen-bond donors (Lipinski definition) is 1. The summed E-state index contributed by atoms with van der Waals surface area (Å²) < 4.78 is 23.3. The number of alkyl halides is 1. The zero-order valence-corrected chi connectivity index (χ0v) is 8.83. The van der Waals surface area contributed by atoms with Crippen LogP contribution in [-0.2, 0) is 13.1 Å². The first-order valence-corrected chi connectivity index (χ1v) is 5.40. The Kier molecular flexibility index (Phi) is 2.07. The number of fused-ring (bicyclic) bond motifs is 1. The van der Waals surface area contributed by atoms with E-state index in [1.165, 1.54) is 0 Å². The molecule has 1 heterocycles. The highest BCUT2D eigenvalue weighted by Crippen LogP contribution is 2.42. The van der Waals surface area contributed by atoms with Crippen molar-refractivity contribution < 1.29 is 19.0 Å². The minimum absolute atomic E-state index is 0.189. The summed E-state index contributed by atoms with van der Waals surface area (Å²) in [6.45, 7) is -0.350. The maximum Gasteiger partial charge on any atom is 0.231 e. The highest BCUT2D eigenvalue weighted by Gasteiger charge is 2.40. The molecule has 86 valence electrons. The number of rotatable bonds is 3. The summed E-state index contributed by atoms with van der Waals surface area (Å²) in [5, 5.41) is 9.86. The van der Waals surface area contributed by atoms with E-state index in [0.717, 1.165) is 18.4 Å². The number of hydrogen-bond acceptors (Lipinski definition) is 3. The average molecular weight is 224 g/mol. The molecular weight excluding hydrogens is 211 g/mol. The first-order chi connectivity index (χ1) is 7.70. The van der Waals surface area contributed by atoms with Crippen LogP contribution in [-0.4, -0.2) is 17.5 Å². The van der Waals surface area contributed by atoms with Crippen LogP contribution in [0.25, 0.3) is 0 Å². The Morgan fingerprint density at radius 3 is 2.38 bits per heavy atom. The quantitative estimate of drug-likeness (QED) is 0.852. The zero-order chi connectivity index (χ0) is 11.2. The molecule has 2 aliphatic rings. The van der Waals surface area contributed by atoms with E-state index in [1.54, 1.807) is 12.1 Å². The largest absolute Gasteiger partial charge is 0.454 e. The topological polar surface area (TPSA) is 38.7 Å². The minimum atomic E-state index is -0.613. The second-order valence-corrected chi connectivity index (χ2v) is 4.51. The first kappa shape index (κ1) is 9.90. The summed E-state index contributed by atoms with van der Waals surface area (Å²) in [5.74, 6) is 1.25. The van der Waals surface area contributed by atoms with Crippen LogP contribution in [0.4, 0.5) is 4.39 Å². The molecule has 1 aliphatic carbocycles. The Morgan fingerprint density at radius 1 is 1.19 bits per heavy atom. The summed E-state index contributed by atoms with van der Waals surface area (Å²) in [6.07, 6.45) is 2.10. The molecule has 0 saturated heterocycles. The van der Waals surface area contributed by atoms with E-state index in [-0.39, 0.29) is 6.79 Å². The Hall–Kier alpha value is -1.29. The molecule has 0 spiro atoms. The Morgan fingerprint density at radius 2 is 1.81 bits per heavy atom. The molecule has 1 fully saturated rings. The fourth-order valence-electron chi connectivity index (χ4n) is 1.99. The van der Waals surface area contributed by atoms with Gasteiger partial charge in [-0.25, -0.2) is 4.39 Å². The summed E-state index contributed by atoms with van der Waals surface area (Å²) in [4.78, 5) is 0. The fourth-order valence-corrected chi connectivity index (χ4v) is 1.99. The van der Waals surface area contributed by atoms with Gasteiger partial charge in [-0.1, -0.05) is 0 Å². The molecule has 0 radical (unpaired) electrons. The van der Waals surface area contributed by atoms with Gasteiger partial charge in [0.2, 0.25) is 6.79 Å². The van der Waals surface area contributed by atoms with Crippen LogP contribution in [0.1, 0.15) is 24.0 Å². The van der Waals surface area contributed by atoms with Crippen molar-refractivity contribution in [2.24, 2.45) is 0 Å². The number of aliphatic hydroxyl groups is 1. The van der Waals surface area contributed by atoms with E-state index in [4.69, 9.17) is 9.47 Å². The van der Waals surface area contributed by atoms with Crippen LogP contribution >= 0.6 is 0 Å². The molecule has 16 heavy (non-hydrogen) atoms. The van der Waals surface area contributed by atoms with E-state index in [0.29, 0.717) is 23.5 Å². The van der Waals surface area contributed by atoms with E-state index < -0.39 is 12.3 Å². The highest BCUT2D eigenvalue weighted by molar-refractivity contribution is 5.49. The first-order valence-electron chi connectivity index (χ1n) is 5.40. The molecule has 1 saturated carbocycles. The summed E-state index contributed by atoms with van der Waals surface area (Å²) in [6, 6.07) is 3.46. The average Bonchev–Trinajstić information content (AvgIpc) is 2.82. The summed E-state index contributed by atoms with van der Waals surface area (Å²) >= 11 is 0. The molecule has 1 aromatic rings. The van der Waals surface area contributed by atoms with Crippen LogP contribution in [0.5, 0.6) is 11.5 Å². The van der Waals surface area contributed by atoms with Crippen molar-refractivity contribution in [3.05, 3.63) is 23.3 Å². The van der Waals surface area contributed by atoms with Gasteiger partial charge in [-0.05, 0) is 36.1 Å². The van der Waals surface area contributed by atoms with Gasteiger partial charge in [0.15, 0.2) is 11.5 Å². The van der Waals surface area contributed by atoms with Gasteiger partial charge in [0.25, 0.3) is 0 Å². The maximum absolute atomic E-state index is 12.9. The molecule has 3 nitrogen and oxygen atoms in total. The van der Waals surface area contributed by atoms with Crippen molar-refractivity contribution in [2.45, 2.75) is 31.5 Å². The standard InChI is InChI=1S/C12H13FO3/c13-6-9-4-11-10(15-7-16-11)3-8(9)5-12(14)1-2-12/h3-4,14H,1-2,5-7H2. The summed E-state index contributed by atoms with van der Waals surface area (Å²) in [7, 11) is 0. The second-order valence-electron chi connectivity index (χ2n) is 4.51.